The highest BCUT2D eigenvalue weighted by Gasteiger charge is 2.31. The fourth-order valence-electron chi connectivity index (χ4n) is 4.12. The number of benzene rings is 1. The third-order valence-corrected chi connectivity index (χ3v) is 5.65. The van der Waals surface area contributed by atoms with Gasteiger partial charge in [0.1, 0.15) is 0 Å². The van der Waals surface area contributed by atoms with Gasteiger partial charge in [0.2, 0.25) is 0 Å². The first kappa shape index (κ1) is 14.1. The second-order valence-electron chi connectivity index (χ2n) is 6.90. The molecule has 3 rings (SSSR count). The molecule has 0 heterocycles. The van der Waals surface area contributed by atoms with Crippen molar-refractivity contribution in [2.45, 2.75) is 64.3 Å². The van der Waals surface area contributed by atoms with Gasteiger partial charge in [-0.1, -0.05) is 57.4 Å². The molecule has 0 radical (unpaired) electrons. The summed E-state index contributed by atoms with van der Waals surface area (Å²) in [7, 11) is 0. The van der Waals surface area contributed by atoms with E-state index in [1.807, 2.05) is 0 Å². The van der Waals surface area contributed by atoms with Gasteiger partial charge in [-0.05, 0) is 54.7 Å². The van der Waals surface area contributed by atoms with Gasteiger partial charge in [0, 0.05) is 6.04 Å². The molecule has 2 saturated carbocycles. The van der Waals surface area contributed by atoms with E-state index in [-0.39, 0.29) is 0 Å². The maximum absolute atomic E-state index is 3.75. The topological polar surface area (TPSA) is 12.0 Å². The summed E-state index contributed by atoms with van der Waals surface area (Å²) in [6.07, 6.45) is 8.43. The monoisotopic (exact) mass is 271 g/mol. The molecule has 3 atom stereocenters. The Hall–Kier alpha value is -0.820. The minimum atomic E-state index is 0.563. The van der Waals surface area contributed by atoms with Crippen molar-refractivity contribution in [1.82, 2.24) is 5.32 Å². The van der Waals surface area contributed by atoms with Gasteiger partial charge < -0.3 is 5.32 Å². The molecule has 110 valence electrons. The lowest BCUT2D eigenvalue weighted by atomic mass is 9.79. The van der Waals surface area contributed by atoms with E-state index >= 15 is 0 Å². The minimum Gasteiger partial charge on any atom is -0.310 e. The average molecular weight is 271 g/mol. The maximum atomic E-state index is 3.75. The van der Waals surface area contributed by atoms with Crippen LogP contribution < -0.4 is 5.32 Å². The quantitative estimate of drug-likeness (QED) is 0.791. The summed E-state index contributed by atoms with van der Waals surface area (Å²) in [4.78, 5) is 0. The van der Waals surface area contributed by atoms with Gasteiger partial charge in [0.05, 0.1) is 0 Å². The second kappa shape index (κ2) is 6.30. The van der Waals surface area contributed by atoms with Gasteiger partial charge in [-0.25, -0.2) is 0 Å². The first-order valence-corrected chi connectivity index (χ1v) is 8.63. The Balaban J connectivity index is 1.76. The van der Waals surface area contributed by atoms with Crippen molar-refractivity contribution in [3.05, 3.63) is 35.4 Å². The lowest BCUT2D eigenvalue weighted by Crippen LogP contribution is -2.29. The number of rotatable bonds is 5. The summed E-state index contributed by atoms with van der Waals surface area (Å²) >= 11 is 0. The first-order valence-electron chi connectivity index (χ1n) is 8.63. The molecule has 1 aromatic rings. The molecule has 3 unspecified atom stereocenters. The molecule has 0 amide bonds. The van der Waals surface area contributed by atoms with Crippen molar-refractivity contribution in [1.29, 1.82) is 0 Å². The SMILES string of the molecule is CCNC(c1ccc(C2CCC2)cc1)C1CCCC1C. The van der Waals surface area contributed by atoms with Crippen LogP contribution in [0.3, 0.4) is 0 Å². The highest BCUT2D eigenvalue weighted by Crippen LogP contribution is 2.41. The highest BCUT2D eigenvalue weighted by atomic mass is 14.9. The molecule has 0 saturated heterocycles. The van der Waals surface area contributed by atoms with Gasteiger partial charge in [-0.2, -0.15) is 0 Å². The zero-order chi connectivity index (χ0) is 13.9. The number of hydrogen-bond donors (Lipinski definition) is 1. The maximum Gasteiger partial charge on any atom is 0.0351 e. The summed E-state index contributed by atoms with van der Waals surface area (Å²) < 4.78 is 0. The standard InChI is InChI=1S/C19H29N/c1-3-20-19(18-9-4-6-14(18)2)17-12-10-16(11-13-17)15-7-5-8-15/h10-15,18-20H,3-9H2,1-2H3. The lowest BCUT2D eigenvalue weighted by Gasteiger charge is -2.30. The summed E-state index contributed by atoms with van der Waals surface area (Å²) in [6, 6.07) is 10.1. The van der Waals surface area contributed by atoms with E-state index in [0.29, 0.717) is 6.04 Å². The number of hydrogen-bond acceptors (Lipinski definition) is 1. The van der Waals surface area contributed by atoms with Crippen LogP contribution in [0.1, 0.15) is 75.5 Å². The van der Waals surface area contributed by atoms with Crippen molar-refractivity contribution >= 4 is 0 Å². The predicted molar refractivity (Wildman–Crippen MR) is 86.0 cm³/mol. The van der Waals surface area contributed by atoms with Gasteiger partial charge in [-0.15, -0.1) is 0 Å². The van der Waals surface area contributed by atoms with Crippen molar-refractivity contribution in [2.24, 2.45) is 11.8 Å². The molecule has 0 aliphatic heterocycles. The van der Waals surface area contributed by atoms with Crippen LogP contribution in [0, 0.1) is 11.8 Å². The molecule has 0 aromatic heterocycles. The molecular formula is C19H29N. The van der Waals surface area contributed by atoms with Crippen LogP contribution in [0.2, 0.25) is 0 Å². The van der Waals surface area contributed by atoms with E-state index in [9.17, 15) is 0 Å². The molecule has 2 aliphatic carbocycles. The highest BCUT2D eigenvalue weighted by molar-refractivity contribution is 5.29. The van der Waals surface area contributed by atoms with E-state index in [4.69, 9.17) is 0 Å². The summed E-state index contributed by atoms with van der Waals surface area (Å²) in [5.74, 6) is 2.54. The lowest BCUT2D eigenvalue weighted by molar-refractivity contribution is 0.305. The smallest absolute Gasteiger partial charge is 0.0351 e. The molecule has 0 bridgehead atoms. The molecule has 1 nitrogen and oxygen atoms in total. The van der Waals surface area contributed by atoms with Crippen LogP contribution in [-0.2, 0) is 0 Å². The average Bonchev–Trinajstić information content (AvgIpc) is 2.81. The van der Waals surface area contributed by atoms with E-state index in [0.717, 1.165) is 24.3 Å². The zero-order valence-corrected chi connectivity index (χ0v) is 13.1. The van der Waals surface area contributed by atoms with Crippen LogP contribution in [0.5, 0.6) is 0 Å². The first-order chi connectivity index (χ1) is 9.79. The van der Waals surface area contributed by atoms with Gasteiger partial charge in [0.15, 0.2) is 0 Å². The number of nitrogens with one attached hydrogen (secondary N) is 1. The van der Waals surface area contributed by atoms with E-state index in [1.54, 1.807) is 5.56 Å². The third kappa shape index (κ3) is 2.79. The predicted octanol–water partition coefficient (Wildman–Crippen LogP) is 5.04. The molecule has 20 heavy (non-hydrogen) atoms. The summed E-state index contributed by atoms with van der Waals surface area (Å²) in [5, 5.41) is 3.75. The van der Waals surface area contributed by atoms with Gasteiger partial charge >= 0.3 is 0 Å². The van der Waals surface area contributed by atoms with Crippen LogP contribution in [0.15, 0.2) is 24.3 Å². The summed E-state index contributed by atoms with van der Waals surface area (Å²) in [6.45, 7) is 5.73. The second-order valence-corrected chi connectivity index (χ2v) is 6.90. The zero-order valence-electron chi connectivity index (χ0n) is 13.1. The van der Waals surface area contributed by atoms with Crippen LogP contribution in [0.4, 0.5) is 0 Å². The van der Waals surface area contributed by atoms with Crippen molar-refractivity contribution in [3.8, 4) is 0 Å². The van der Waals surface area contributed by atoms with Crippen molar-refractivity contribution in [3.63, 3.8) is 0 Å². The third-order valence-electron chi connectivity index (χ3n) is 5.65. The van der Waals surface area contributed by atoms with Gasteiger partial charge in [0.25, 0.3) is 0 Å². The fraction of sp³-hybridized carbons (Fsp3) is 0.684. The normalized spacial score (nSPS) is 28.3. The minimum absolute atomic E-state index is 0.563. The van der Waals surface area contributed by atoms with Crippen molar-refractivity contribution < 1.29 is 0 Å². The van der Waals surface area contributed by atoms with E-state index < -0.39 is 0 Å². The fourth-order valence-corrected chi connectivity index (χ4v) is 4.12. The molecule has 1 N–H and O–H groups in total. The molecular weight excluding hydrogens is 242 g/mol. The molecule has 1 heteroatoms. The molecule has 0 spiro atoms. The Morgan fingerprint density at radius 2 is 1.75 bits per heavy atom. The van der Waals surface area contributed by atoms with Crippen molar-refractivity contribution in [2.75, 3.05) is 6.54 Å². The van der Waals surface area contributed by atoms with Crippen LogP contribution in [-0.4, -0.2) is 6.54 Å². The molecule has 1 aromatic carbocycles. The van der Waals surface area contributed by atoms with Gasteiger partial charge in [-0.3, -0.25) is 0 Å². The van der Waals surface area contributed by atoms with Crippen LogP contribution in [0.25, 0.3) is 0 Å². The largest absolute Gasteiger partial charge is 0.310 e. The Kier molecular flexibility index (Phi) is 4.45. The summed E-state index contributed by atoms with van der Waals surface area (Å²) in [5.41, 5.74) is 3.07. The van der Waals surface area contributed by atoms with E-state index in [1.165, 1.54) is 44.1 Å². The Bertz CT molecular complexity index is 418. The Morgan fingerprint density at radius 3 is 2.25 bits per heavy atom. The Labute approximate surface area is 124 Å². The Morgan fingerprint density at radius 1 is 1.05 bits per heavy atom. The molecule has 2 aliphatic rings. The van der Waals surface area contributed by atoms with Crippen LogP contribution >= 0.6 is 0 Å². The molecule has 2 fully saturated rings. The van der Waals surface area contributed by atoms with E-state index in [2.05, 4.69) is 43.4 Å².